The smallest absolute Gasteiger partial charge is 0.328 e. The first-order valence-corrected chi connectivity index (χ1v) is 6.74. The first-order chi connectivity index (χ1) is 8.99. The van der Waals surface area contributed by atoms with Crippen molar-refractivity contribution in [2.45, 2.75) is 52.5 Å². The van der Waals surface area contributed by atoms with E-state index < -0.39 is 6.04 Å². The first-order valence-electron chi connectivity index (χ1n) is 6.74. The van der Waals surface area contributed by atoms with Gasteiger partial charge in [-0.1, -0.05) is 17.2 Å². The van der Waals surface area contributed by atoms with Crippen LogP contribution in [-0.2, 0) is 14.3 Å². The summed E-state index contributed by atoms with van der Waals surface area (Å²) in [6, 6.07) is -0.452. The number of ether oxygens (including phenoxy) is 1. The van der Waals surface area contributed by atoms with Crippen LogP contribution in [-0.4, -0.2) is 24.5 Å². The third-order valence-electron chi connectivity index (χ3n) is 3.03. The third kappa shape index (κ3) is 6.22. The van der Waals surface area contributed by atoms with E-state index in [4.69, 9.17) is 4.74 Å². The lowest BCUT2D eigenvalue weighted by molar-refractivity contribution is -0.145. The second-order valence-electron chi connectivity index (χ2n) is 5.16. The molecule has 106 valence electrons. The second-order valence-corrected chi connectivity index (χ2v) is 5.16. The van der Waals surface area contributed by atoms with E-state index in [2.05, 4.69) is 25.2 Å². The average molecular weight is 265 g/mol. The maximum absolute atomic E-state index is 11.6. The third-order valence-corrected chi connectivity index (χ3v) is 3.03. The van der Waals surface area contributed by atoms with E-state index >= 15 is 0 Å². The predicted octanol–water partition coefficient (Wildman–Crippen LogP) is 2.50. The molecule has 0 aromatic carbocycles. The van der Waals surface area contributed by atoms with Crippen molar-refractivity contribution in [3.05, 3.63) is 23.3 Å². The summed E-state index contributed by atoms with van der Waals surface area (Å²) in [5.41, 5.74) is 2.52. The Balaban J connectivity index is 2.23. The van der Waals surface area contributed by atoms with Crippen molar-refractivity contribution < 1.29 is 14.3 Å². The van der Waals surface area contributed by atoms with Crippen LogP contribution in [0, 0.1) is 0 Å². The summed E-state index contributed by atoms with van der Waals surface area (Å²) in [5, 5.41) is 2.60. The molecule has 1 N–H and O–H groups in total. The number of carbonyl (C=O) groups is 2. The molecule has 0 radical (unpaired) electrons. The molecule has 1 atom stereocenters. The normalized spacial score (nSPS) is 19.0. The number of hydrogen-bond donors (Lipinski definition) is 1. The van der Waals surface area contributed by atoms with Gasteiger partial charge in [0.15, 0.2) is 0 Å². The molecule has 1 rings (SSSR count). The van der Waals surface area contributed by atoms with E-state index in [0.29, 0.717) is 12.8 Å². The van der Waals surface area contributed by atoms with Gasteiger partial charge in [-0.25, -0.2) is 4.79 Å². The fraction of sp³-hybridized carbons (Fsp3) is 0.600. The SMILES string of the molecule is CC(C)=CCC/C(C)=C/COC(=O)[C@H]1CCC(=O)N1. The van der Waals surface area contributed by atoms with Gasteiger partial charge in [0.1, 0.15) is 12.6 Å². The first kappa shape index (κ1) is 15.5. The standard InChI is InChI=1S/C15H23NO3/c1-11(2)5-4-6-12(3)9-10-19-15(18)13-7-8-14(17)16-13/h5,9,13H,4,6-8,10H2,1-3H3,(H,16,17)/b12-9+/t13-/m1/s1. The highest BCUT2D eigenvalue weighted by molar-refractivity contribution is 5.88. The number of nitrogens with one attached hydrogen (secondary N) is 1. The zero-order valence-corrected chi connectivity index (χ0v) is 12.0. The molecular weight excluding hydrogens is 242 g/mol. The van der Waals surface area contributed by atoms with E-state index in [9.17, 15) is 9.59 Å². The van der Waals surface area contributed by atoms with Crippen molar-refractivity contribution in [1.82, 2.24) is 5.32 Å². The number of rotatable bonds is 6. The zero-order valence-electron chi connectivity index (χ0n) is 12.0. The van der Waals surface area contributed by atoms with Gasteiger partial charge in [-0.15, -0.1) is 0 Å². The average Bonchev–Trinajstić information content (AvgIpc) is 2.75. The fourth-order valence-electron chi connectivity index (χ4n) is 1.85. The summed E-state index contributed by atoms with van der Waals surface area (Å²) < 4.78 is 5.13. The number of allylic oxidation sites excluding steroid dienone is 3. The van der Waals surface area contributed by atoms with Crippen LogP contribution in [0.25, 0.3) is 0 Å². The van der Waals surface area contributed by atoms with Crippen LogP contribution in [0.5, 0.6) is 0 Å². The van der Waals surface area contributed by atoms with Crippen LogP contribution >= 0.6 is 0 Å². The lowest BCUT2D eigenvalue weighted by atomic mass is 10.1. The van der Waals surface area contributed by atoms with Crippen LogP contribution in [0.3, 0.4) is 0 Å². The number of amides is 1. The quantitative estimate of drug-likeness (QED) is 0.593. The molecular formula is C15H23NO3. The molecule has 1 aliphatic rings. The largest absolute Gasteiger partial charge is 0.460 e. The molecule has 0 saturated carbocycles. The molecule has 4 nitrogen and oxygen atoms in total. The summed E-state index contributed by atoms with van der Waals surface area (Å²) in [7, 11) is 0. The molecule has 0 unspecified atom stereocenters. The van der Waals surface area contributed by atoms with E-state index in [-0.39, 0.29) is 18.5 Å². The van der Waals surface area contributed by atoms with Gasteiger partial charge >= 0.3 is 5.97 Å². The number of carbonyl (C=O) groups excluding carboxylic acids is 2. The maximum Gasteiger partial charge on any atom is 0.328 e. The van der Waals surface area contributed by atoms with E-state index in [0.717, 1.165) is 12.8 Å². The predicted molar refractivity (Wildman–Crippen MR) is 74.5 cm³/mol. The Labute approximate surface area is 114 Å². The molecule has 1 fully saturated rings. The Morgan fingerprint density at radius 3 is 2.68 bits per heavy atom. The fourth-order valence-corrected chi connectivity index (χ4v) is 1.85. The molecule has 0 aliphatic carbocycles. The van der Waals surface area contributed by atoms with Crippen LogP contribution in [0.1, 0.15) is 46.5 Å². The van der Waals surface area contributed by atoms with Crippen LogP contribution < -0.4 is 5.32 Å². The summed E-state index contributed by atoms with van der Waals surface area (Å²) in [4.78, 5) is 22.6. The van der Waals surface area contributed by atoms with Gasteiger partial charge in [0.2, 0.25) is 5.91 Å². The molecule has 1 amide bonds. The Morgan fingerprint density at radius 1 is 1.37 bits per heavy atom. The Morgan fingerprint density at radius 2 is 2.11 bits per heavy atom. The molecule has 0 bridgehead atoms. The van der Waals surface area contributed by atoms with Gasteiger partial charge in [-0.05, 0) is 46.1 Å². The molecule has 19 heavy (non-hydrogen) atoms. The minimum absolute atomic E-state index is 0.0737. The summed E-state index contributed by atoms with van der Waals surface area (Å²) >= 11 is 0. The van der Waals surface area contributed by atoms with Crippen molar-refractivity contribution in [1.29, 1.82) is 0 Å². The van der Waals surface area contributed by atoms with E-state index in [1.54, 1.807) is 0 Å². The number of esters is 1. The highest BCUT2D eigenvalue weighted by Gasteiger charge is 2.28. The van der Waals surface area contributed by atoms with E-state index in [1.165, 1.54) is 11.1 Å². The highest BCUT2D eigenvalue weighted by Crippen LogP contribution is 2.09. The van der Waals surface area contributed by atoms with Crippen LogP contribution in [0.4, 0.5) is 0 Å². The molecule has 1 saturated heterocycles. The Kier molecular flexibility index (Phi) is 6.33. The minimum atomic E-state index is -0.452. The van der Waals surface area contributed by atoms with Gasteiger partial charge in [-0.2, -0.15) is 0 Å². The molecule has 0 aromatic rings. The van der Waals surface area contributed by atoms with Crippen molar-refractivity contribution in [3.8, 4) is 0 Å². The zero-order chi connectivity index (χ0) is 14.3. The van der Waals surface area contributed by atoms with Crippen molar-refractivity contribution in [2.75, 3.05) is 6.61 Å². The van der Waals surface area contributed by atoms with Gasteiger partial charge in [0, 0.05) is 6.42 Å². The van der Waals surface area contributed by atoms with Gasteiger partial charge in [0.25, 0.3) is 0 Å². The van der Waals surface area contributed by atoms with Gasteiger partial charge < -0.3 is 10.1 Å². The maximum atomic E-state index is 11.6. The molecule has 4 heteroatoms. The van der Waals surface area contributed by atoms with Crippen LogP contribution in [0.15, 0.2) is 23.3 Å². The summed E-state index contributed by atoms with van der Waals surface area (Å²) in [6.07, 6.45) is 7.06. The molecule has 0 aromatic heterocycles. The highest BCUT2D eigenvalue weighted by atomic mass is 16.5. The van der Waals surface area contributed by atoms with Crippen LogP contribution in [0.2, 0.25) is 0 Å². The van der Waals surface area contributed by atoms with Gasteiger partial charge in [-0.3, -0.25) is 4.79 Å². The topological polar surface area (TPSA) is 55.4 Å². The molecule has 1 aliphatic heterocycles. The lowest BCUT2D eigenvalue weighted by Gasteiger charge is -2.08. The Bertz CT molecular complexity index is 392. The van der Waals surface area contributed by atoms with Crippen molar-refractivity contribution in [2.24, 2.45) is 0 Å². The summed E-state index contributed by atoms with van der Waals surface area (Å²) in [5.74, 6) is -0.408. The Hall–Kier alpha value is -1.58. The monoisotopic (exact) mass is 265 g/mol. The van der Waals surface area contributed by atoms with Gasteiger partial charge in [0.05, 0.1) is 0 Å². The number of hydrogen-bond acceptors (Lipinski definition) is 3. The van der Waals surface area contributed by atoms with E-state index in [1.807, 2.05) is 13.0 Å². The summed E-state index contributed by atoms with van der Waals surface area (Å²) in [6.45, 7) is 6.48. The van der Waals surface area contributed by atoms with Crippen molar-refractivity contribution >= 4 is 11.9 Å². The molecule has 0 spiro atoms. The minimum Gasteiger partial charge on any atom is -0.460 e. The molecule has 1 heterocycles. The van der Waals surface area contributed by atoms with Crippen molar-refractivity contribution in [3.63, 3.8) is 0 Å². The second kappa shape index (κ2) is 7.77. The lowest BCUT2D eigenvalue weighted by Crippen LogP contribution is -2.34.